The van der Waals surface area contributed by atoms with E-state index in [1.54, 1.807) is 0 Å². The average molecular weight is 332 g/mol. The predicted molar refractivity (Wildman–Crippen MR) is 85.8 cm³/mol. The van der Waals surface area contributed by atoms with E-state index < -0.39 is 0 Å². The van der Waals surface area contributed by atoms with Crippen LogP contribution in [-0.2, 0) is 6.42 Å². The number of carbonyl (C=O) groups excluding carboxylic acids is 1. The molecule has 104 valence electrons. The lowest BCUT2D eigenvalue weighted by atomic mass is 10.1. The molecule has 0 fully saturated rings. The quantitative estimate of drug-likeness (QED) is 0.873. The zero-order chi connectivity index (χ0) is 14.4. The average Bonchev–Trinajstić information content (AvgIpc) is 2.46. The summed E-state index contributed by atoms with van der Waals surface area (Å²) in [6, 6.07) is 17.9. The zero-order valence-electron chi connectivity index (χ0n) is 11.5. The minimum atomic E-state index is -0.0214. The highest BCUT2D eigenvalue weighted by Crippen LogP contribution is 2.12. The fourth-order valence-corrected chi connectivity index (χ4v) is 2.44. The molecule has 0 aliphatic heterocycles. The lowest BCUT2D eigenvalue weighted by Crippen LogP contribution is -2.32. The van der Waals surface area contributed by atoms with Gasteiger partial charge in [-0.15, -0.1) is 0 Å². The van der Waals surface area contributed by atoms with Crippen LogP contribution in [0.15, 0.2) is 59.1 Å². The summed E-state index contributed by atoms with van der Waals surface area (Å²) in [5, 5.41) is 3.03. The van der Waals surface area contributed by atoms with Gasteiger partial charge in [-0.25, -0.2) is 0 Å². The van der Waals surface area contributed by atoms with E-state index in [1.165, 1.54) is 5.56 Å². The summed E-state index contributed by atoms with van der Waals surface area (Å²) < 4.78 is 0.919. The molecule has 2 nitrogen and oxygen atoms in total. The first kappa shape index (κ1) is 14.8. The van der Waals surface area contributed by atoms with Crippen LogP contribution in [0.4, 0.5) is 0 Å². The second-order valence-corrected chi connectivity index (χ2v) is 5.82. The molecule has 2 rings (SSSR count). The van der Waals surface area contributed by atoms with Gasteiger partial charge in [-0.1, -0.05) is 52.3 Å². The molecule has 0 saturated carbocycles. The minimum absolute atomic E-state index is 0.0214. The Labute approximate surface area is 128 Å². The Hall–Kier alpha value is -1.61. The Kier molecular flexibility index (Phi) is 5.36. The molecule has 20 heavy (non-hydrogen) atoms. The minimum Gasteiger partial charge on any atom is -0.350 e. The number of benzene rings is 2. The van der Waals surface area contributed by atoms with E-state index in [-0.39, 0.29) is 11.9 Å². The van der Waals surface area contributed by atoms with Crippen LogP contribution in [0.3, 0.4) is 0 Å². The van der Waals surface area contributed by atoms with Gasteiger partial charge in [0.2, 0.25) is 0 Å². The van der Waals surface area contributed by atoms with Crippen molar-refractivity contribution in [3.05, 3.63) is 70.2 Å². The second-order valence-electron chi connectivity index (χ2n) is 4.91. The topological polar surface area (TPSA) is 29.1 Å². The van der Waals surface area contributed by atoms with Gasteiger partial charge in [0.05, 0.1) is 0 Å². The Morgan fingerprint density at radius 3 is 2.60 bits per heavy atom. The standard InChI is InChI=1S/C17H18BrNO/c1-13(10-11-14-6-3-2-4-7-14)19-17(20)15-8-5-9-16(18)12-15/h2-9,12-13H,10-11H2,1H3,(H,19,20). The second kappa shape index (κ2) is 7.25. The van der Waals surface area contributed by atoms with Crippen molar-refractivity contribution in [1.82, 2.24) is 5.32 Å². The number of hydrogen-bond donors (Lipinski definition) is 1. The van der Waals surface area contributed by atoms with Crippen LogP contribution in [0.2, 0.25) is 0 Å². The smallest absolute Gasteiger partial charge is 0.251 e. The Morgan fingerprint density at radius 1 is 1.15 bits per heavy atom. The largest absolute Gasteiger partial charge is 0.350 e. The molecule has 0 radical (unpaired) electrons. The van der Waals surface area contributed by atoms with Gasteiger partial charge in [-0.05, 0) is 43.5 Å². The van der Waals surface area contributed by atoms with E-state index in [9.17, 15) is 4.79 Å². The van der Waals surface area contributed by atoms with Crippen molar-refractivity contribution in [3.8, 4) is 0 Å². The van der Waals surface area contributed by atoms with E-state index in [4.69, 9.17) is 0 Å². The molecule has 0 aliphatic carbocycles. The van der Waals surface area contributed by atoms with Crippen LogP contribution in [0.1, 0.15) is 29.3 Å². The van der Waals surface area contributed by atoms with Gasteiger partial charge in [-0.2, -0.15) is 0 Å². The van der Waals surface area contributed by atoms with Gasteiger partial charge in [0, 0.05) is 16.1 Å². The highest BCUT2D eigenvalue weighted by molar-refractivity contribution is 9.10. The summed E-state index contributed by atoms with van der Waals surface area (Å²) in [7, 11) is 0. The molecule has 0 heterocycles. The number of carbonyl (C=O) groups is 1. The van der Waals surface area contributed by atoms with E-state index in [0.29, 0.717) is 5.56 Å². The molecule has 0 bridgehead atoms. The molecule has 2 aromatic rings. The molecule has 2 aromatic carbocycles. The number of rotatable bonds is 5. The molecule has 1 atom stereocenters. The lowest BCUT2D eigenvalue weighted by Gasteiger charge is -2.14. The van der Waals surface area contributed by atoms with Crippen LogP contribution >= 0.6 is 15.9 Å². The van der Waals surface area contributed by atoms with Crippen LogP contribution in [0.25, 0.3) is 0 Å². The molecule has 1 amide bonds. The third-order valence-electron chi connectivity index (χ3n) is 3.17. The van der Waals surface area contributed by atoms with E-state index >= 15 is 0 Å². The molecule has 0 aliphatic rings. The Bertz CT molecular complexity index is 568. The maximum absolute atomic E-state index is 12.1. The van der Waals surface area contributed by atoms with E-state index in [2.05, 4.69) is 33.4 Å². The lowest BCUT2D eigenvalue weighted by molar-refractivity contribution is 0.0938. The van der Waals surface area contributed by atoms with Crippen LogP contribution < -0.4 is 5.32 Å². The van der Waals surface area contributed by atoms with Crippen LogP contribution in [-0.4, -0.2) is 11.9 Å². The fraction of sp³-hybridized carbons (Fsp3) is 0.235. The van der Waals surface area contributed by atoms with Crippen LogP contribution in [0.5, 0.6) is 0 Å². The number of hydrogen-bond acceptors (Lipinski definition) is 1. The maximum Gasteiger partial charge on any atom is 0.251 e. The van der Waals surface area contributed by atoms with Gasteiger partial charge in [0.1, 0.15) is 0 Å². The van der Waals surface area contributed by atoms with Gasteiger partial charge < -0.3 is 5.32 Å². The Morgan fingerprint density at radius 2 is 1.90 bits per heavy atom. The molecule has 0 aromatic heterocycles. The summed E-state index contributed by atoms with van der Waals surface area (Å²) in [6.07, 6.45) is 1.91. The summed E-state index contributed by atoms with van der Waals surface area (Å²) in [6.45, 7) is 2.04. The monoisotopic (exact) mass is 331 g/mol. The van der Waals surface area contributed by atoms with E-state index in [0.717, 1.165) is 17.3 Å². The van der Waals surface area contributed by atoms with Crippen molar-refractivity contribution in [2.24, 2.45) is 0 Å². The first-order valence-electron chi connectivity index (χ1n) is 6.75. The fourth-order valence-electron chi connectivity index (χ4n) is 2.04. The normalized spacial score (nSPS) is 11.9. The third kappa shape index (κ3) is 4.49. The highest BCUT2D eigenvalue weighted by Gasteiger charge is 2.09. The van der Waals surface area contributed by atoms with Crippen molar-refractivity contribution in [2.45, 2.75) is 25.8 Å². The molecular formula is C17H18BrNO. The van der Waals surface area contributed by atoms with Crippen molar-refractivity contribution in [3.63, 3.8) is 0 Å². The zero-order valence-corrected chi connectivity index (χ0v) is 13.1. The molecule has 1 unspecified atom stereocenters. The SMILES string of the molecule is CC(CCc1ccccc1)NC(=O)c1cccc(Br)c1. The molecule has 1 N–H and O–H groups in total. The van der Waals surface area contributed by atoms with E-state index in [1.807, 2.05) is 49.4 Å². The summed E-state index contributed by atoms with van der Waals surface area (Å²) >= 11 is 3.38. The van der Waals surface area contributed by atoms with Gasteiger partial charge in [-0.3, -0.25) is 4.79 Å². The first-order valence-corrected chi connectivity index (χ1v) is 7.55. The molecule has 0 spiro atoms. The molecule has 3 heteroatoms. The van der Waals surface area contributed by atoms with Gasteiger partial charge in [0.15, 0.2) is 0 Å². The third-order valence-corrected chi connectivity index (χ3v) is 3.67. The maximum atomic E-state index is 12.1. The number of aryl methyl sites for hydroxylation is 1. The number of halogens is 1. The van der Waals surface area contributed by atoms with Gasteiger partial charge in [0.25, 0.3) is 5.91 Å². The Balaban J connectivity index is 1.85. The van der Waals surface area contributed by atoms with Crippen molar-refractivity contribution in [1.29, 1.82) is 0 Å². The van der Waals surface area contributed by atoms with Crippen molar-refractivity contribution < 1.29 is 4.79 Å². The van der Waals surface area contributed by atoms with Crippen molar-refractivity contribution >= 4 is 21.8 Å². The molecular weight excluding hydrogens is 314 g/mol. The van der Waals surface area contributed by atoms with Crippen LogP contribution in [0, 0.1) is 0 Å². The van der Waals surface area contributed by atoms with Crippen molar-refractivity contribution in [2.75, 3.05) is 0 Å². The first-order chi connectivity index (χ1) is 9.65. The predicted octanol–water partition coefficient (Wildman–Crippen LogP) is 4.20. The summed E-state index contributed by atoms with van der Waals surface area (Å²) in [4.78, 5) is 12.1. The summed E-state index contributed by atoms with van der Waals surface area (Å²) in [5.41, 5.74) is 1.99. The van der Waals surface area contributed by atoms with Gasteiger partial charge >= 0.3 is 0 Å². The molecule has 0 saturated heterocycles. The number of amides is 1. The summed E-state index contributed by atoms with van der Waals surface area (Å²) in [5.74, 6) is -0.0214. The highest BCUT2D eigenvalue weighted by atomic mass is 79.9. The number of nitrogens with one attached hydrogen (secondary N) is 1.